The van der Waals surface area contributed by atoms with Gasteiger partial charge in [-0.15, -0.1) is 0 Å². The van der Waals surface area contributed by atoms with Crippen LogP contribution in [-0.4, -0.2) is 12.6 Å². The minimum Gasteiger partial charge on any atom is -0.456 e. The Labute approximate surface area is 393 Å². The number of anilines is 6. The monoisotopic (exact) mass is 887 g/mol. The molecular formula is C62H41N3O2Si. The van der Waals surface area contributed by atoms with Gasteiger partial charge in [0.25, 0.3) is 0 Å². The number of fused-ring (bicyclic) bond motifs is 10. The van der Waals surface area contributed by atoms with Crippen LogP contribution in [-0.2, 0) is 0 Å². The van der Waals surface area contributed by atoms with Gasteiger partial charge >= 0.3 is 0 Å². The quantitative estimate of drug-likeness (QED) is 0.149. The first-order valence-corrected chi connectivity index (χ1v) is 25.2. The third-order valence-electron chi connectivity index (χ3n) is 14.0. The van der Waals surface area contributed by atoms with E-state index in [4.69, 9.17) is 8.83 Å². The van der Waals surface area contributed by atoms with Crippen LogP contribution in [0.15, 0.2) is 258 Å². The second kappa shape index (κ2) is 15.1. The van der Waals surface area contributed by atoms with Crippen molar-refractivity contribution in [2.45, 2.75) is 0 Å². The SMILES string of the molecule is c1ccc(N2c3ccccc3[Si](c3ccccc3)(c3ccccc3)c3c2n(-c2ccccc2)c2ccc(N(c4ccc5c(c4)oc4ccccc45)c4ccc5c(c4)oc4ccccc45)cc32)cc1. The average Bonchev–Trinajstić information content (AvgIpc) is 4.08. The molecule has 4 heterocycles. The first kappa shape index (κ1) is 38.4. The largest absolute Gasteiger partial charge is 0.456 e. The van der Waals surface area contributed by atoms with Gasteiger partial charge in [0.05, 0.1) is 5.52 Å². The van der Waals surface area contributed by atoms with Crippen LogP contribution in [0.3, 0.4) is 0 Å². The van der Waals surface area contributed by atoms with Crippen molar-refractivity contribution in [3.63, 3.8) is 0 Å². The van der Waals surface area contributed by atoms with Crippen LogP contribution < -0.4 is 30.5 Å². The maximum absolute atomic E-state index is 6.59. The zero-order chi connectivity index (χ0) is 44.8. The molecule has 0 bridgehead atoms. The first-order valence-electron chi connectivity index (χ1n) is 23.2. The van der Waals surface area contributed by atoms with Gasteiger partial charge in [-0.1, -0.05) is 152 Å². The fourth-order valence-corrected chi connectivity index (χ4v) is 16.5. The van der Waals surface area contributed by atoms with Gasteiger partial charge in [0.2, 0.25) is 0 Å². The maximum Gasteiger partial charge on any atom is 0.186 e. The van der Waals surface area contributed by atoms with Crippen molar-refractivity contribution < 1.29 is 8.83 Å². The van der Waals surface area contributed by atoms with E-state index in [-0.39, 0.29) is 0 Å². The van der Waals surface area contributed by atoms with Crippen LogP contribution in [0.25, 0.3) is 60.5 Å². The lowest BCUT2D eigenvalue weighted by Crippen LogP contribution is -2.77. The number of hydrogen-bond donors (Lipinski definition) is 0. The molecule has 0 saturated carbocycles. The fourth-order valence-electron chi connectivity index (χ4n) is 11.2. The molecule has 320 valence electrons. The zero-order valence-electron chi connectivity index (χ0n) is 36.8. The van der Waals surface area contributed by atoms with E-state index in [1.165, 1.54) is 31.8 Å². The lowest BCUT2D eigenvalue weighted by Gasteiger charge is -2.44. The predicted octanol–water partition coefficient (Wildman–Crippen LogP) is 14.1. The molecule has 0 aliphatic carbocycles. The smallest absolute Gasteiger partial charge is 0.186 e. The van der Waals surface area contributed by atoms with Crippen LogP contribution in [0.4, 0.5) is 34.3 Å². The molecule has 10 aromatic carbocycles. The Morgan fingerprint density at radius 2 is 0.809 bits per heavy atom. The molecule has 1 aliphatic rings. The number of furan rings is 2. The molecule has 1 aliphatic heterocycles. The number of hydrogen-bond acceptors (Lipinski definition) is 4. The molecule has 0 N–H and O–H groups in total. The maximum atomic E-state index is 6.59. The van der Waals surface area contributed by atoms with Gasteiger partial charge in [0.15, 0.2) is 8.07 Å². The second-order valence-electron chi connectivity index (χ2n) is 17.6. The Morgan fingerprint density at radius 3 is 1.40 bits per heavy atom. The summed E-state index contributed by atoms with van der Waals surface area (Å²) in [5, 5.41) is 10.9. The Morgan fingerprint density at radius 1 is 0.353 bits per heavy atom. The van der Waals surface area contributed by atoms with E-state index in [1.54, 1.807) is 0 Å². The summed E-state index contributed by atoms with van der Waals surface area (Å²) in [4.78, 5) is 4.88. The molecule has 0 atom stereocenters. The molecule has 14 rings (SSSR count). The Bertz CT molecular complexity index is 3890. The molecule has 0 saturated heterocycles. The van der Waals surface area contributed by atoms with Gasteiger partial charge in [-0.25, -0.2) is 0 Å². The van der Waals surface area contributed by atoms with Crippen molar-refractivity contribution >= 4 is 118 Å². The summed E-state index contributed by atoms with van der Waals surface area (Å²) in [7, 11) is -3.17. The van der Waals surface area contributed by atoms with E-state index in [0.29, 0.717) is 0 Å². The van der Waals surface area contributed by atoms with Crippen molar-refractivity contribution in [3.8, 4) is 5.69 Å². The lowest BCUT2D eigenvalue weighted by molar-refractivity contribution is 0.669. The molecular weight excluding hydrogens is 847 g/mol. The standard InChI is InChI=1S/C62H41N3O2Si/c1-5-19-42(20-6-1)64-54-38-35-44(63(45-33-36-51-49-27-13-16-30-56(49)66-58(51)40-45)46-34-37-52-50-28-14-17-31-57(50)67-59(52)41-46)39-53(54)61-62(64)65(43-21-7-2-8-22-43)55-29-15-18-32-60(55)68(61,47-23-9-3-10-24-47)48-25-11-4-12-26-48/h1-41H. The summed E-state index contributed by atoms with van der Waals surface area (Å²) >= 11 is 0. The predicted molar refractivity (Wildman–Crippen MR) is 284 cm³/mol. The van der Waals surface area contributed by atoms with Crippen LogP contribution in [0.2, 0.25) is 0 Å². The number of benzene rings is 10. The van der Waals surface area contributed by atoms with Gasteiger partial charge in [-0.3, -0.25) is 9.47 Å². The number of rotatable bonds is 7. The highest BCUT2D eigenvalue weighted by Gasteiger charge is 2.52. The summed E-state index contributed by atoms with van der Waals surface area (Å²) in [6.45, 7) is 0. The molecule has 0 fully saturated rings. The Kier molecular flexibility index (Phi) is 8.54. The van der Waals surface area contributed by atoms with Gasteiger partial charge in [-0.2, -0.15) is 0 Å². The van der Waals surface area contributed by atoms with E-state index >= 15 is 0 Å². The zero-order valence-corrected chi connectivity index (χ0v) is 37.8. The van der Waals surface area contributed by atoms with E-state index < -0.39 is 8.07 Å². The van der Waals surface area contributed by atoms with Gasteiger partial charge in [-0.05, 0) is 100 Å². The van der Waals surface area contributed by atoms with Crippen LogP contribution in [0.5, 0.6) is 0 Å². The lowest BCUT2D eigenvalue weighted by atomic mass is 10.1. The van der Waals surface area contributed by atoms with E-state index in [1.807, 2.05) is 24.3 Å². The van der Waals surface area contributed by atoms with Crippen molar-refractivity contribution in [1.82, 2.24) is 4.57 Å². The number of para-hydroxylation sites is 5. The topological polar surface area (TPSA) is 37.7 Å². The van der Waals surface area contributed by atoms with Crippen LogP contribution in [0.1, 0.15) is 0 Å². The summed E-state index contributed by atoms with van der Waals surface area (Å²) in [5.41, 5.74) is 10.9. The van der Waals surface area contributed by atoms with Crippen molar-refractivity contribution in [3.05, 3.63) is 249 Å². The highest BCUT2D eigenvalue weighted by atomic mass is 28.3. The van der Waals surface area contributed by atoms with Gasteiger partial charge in [0, 0.05) is 78.4 Å². The number of aromatic nitrogens is 1. The first-order chi connectivity index (χ1) is 33.7. The molecule has 0 unspecified atom stereocenters. The fraction of sp³-hybridized carbons (Fsp3) is 0. The van der Waals surface area contributed by atoms with Crippen molar-refractivity contribution in [2.75, 3.05) is 9.80 Å². The Balaban J connectivity index is 1.13. The summed E-state index contributed by atoms with van der Waals surface area (Å²) in [5.74, 6) is 1.14. The summed E-state index contributed by atoms with van der Waals surface area (Å²) in [6, 6.07) is 90.4. The molecule has 68 heavy (non-hydrogen) atoms. The minimum absolute atomic E-state index is 0.835. The molecule has 6 heteroatoms. The minimum atomic E-state index is -3.17. The molecule has 0 amide bonds. The second-order valence-corrected chi connectivity index (χ2v) is 21.3. The van der Waals surface area contributed by atoms with Crippen LogP contribution >= 0.6 is 0 Å². The van der Waals surface area contributed by atoms with Crippen LogP contribution in [0, 0.1) is 0 Å². The Hall–Kier alpha value is -8.84. The number of nitrogens with zero attached hydrogens (tertiary/aromatic N) is 3. The molecule has 5 nitrogen and oxygen atoms in total. The van der Waals surface area contributed by atoms with E-state index in [2.05, 4.69) is 239 Å². The summed E-state index contributed by atoms with van der Waals surface area (Å²) in [6.07, 6.45) is 0. The normalized spacial score (nSPS) is 13.1. The van der Waals surface area contributed by atoms with Crippen molar-refractivity contribution in [2.24, 2.45) is 0 Å². The summed E-state index contributed by atoms with van der Waals surface area (Å²) < 4.78 is 15.7. The molecule has 13 aromatic rings. The highest BCUT2D eigenvalue weighted by molar-refractivity contribution is 7.22. The van der Waals surface area contributed by atoms with Crippen molar-refractivity contribution in [1.29, 1.82) is 0 Å². The third kappa shape index (κ3) is 5.62. The third-order valence-corrected chi connectivity index (χ3v) is 18.9. The van der Waals surface area contributed by atoms with E-state index in [9.17, 15) is 0 Å². The average molecular weight is 888 g/mol. The molecule has 0 spiro atoms. The highest BCUT2D eigenvalue weighted by Crippen LogP contribution is 2.46. The van der Waals surface area contributed by atoms with Gasteiger partial charge < -0.3 is 13.7 Å². The molecule has 3 aromatic heterocycles. The van der Waals surface area contributed by atoms with Gasteiger partial charge in [0.1, 0.15) is 28.1 Å². The van der Waals surface area contributed by atoms with E-state index in [0.717, 1.165) is 83.6 Å². The molecule has 0 radical (unpaired) electrons.